The minimum Gasteiger partial charge on any atom is -0.493 e. The molecule has 1 aromatic heterocycles. The van der Waals surface area contributed by atoms with Gasteiger partial charge >= 0.3 is 0 Å². The molecule has 6 nitrogen and oxygen atoms in total. The van der Waals surface area contributed by atoms with Crippen molar-refractivity contribution >= 4 is 17.2 Å². The third kappa shape index (κ3) is 3.45. The second-order valence-corrected chi connectivity index (χ2v) is 4.30. The quantitative estimate of drug-likeness (QED) is 0.820. The zero-order valence-electron chi connectivity index (χ0n) is 11.3. The molecule has 0 bridgehead atoms. The van der Waals surface area contributed by atoms with Gasteiger partial charge in [-0.1, -0.05) is 6.07 Å². The van der Waals surface area contributed by atoms with Gasteiger partial charge in [-0.05, 0) is 19.1 Å². The molecular weight excluding hydrogens is 278 g/mol. The maximum atomic E-state index is 10.7. The summed E-state index contributed by atoms with van der Waals surface area (Å²) in [5, 5.41) is 4.13. The van der Waals surface area contributed by atoms with Crippen molar-refractivity contribution in [2.45, 2.75) is 13.5 Å². The van der Waals surface area contributed by atoms with Gasteiger partial charge in [0.05, 0.1) is 17.9 Å². The summed E-state index contributed by atoms with van der Waals surface area (Å²) in [6.07, 6.45) is 1.79. The molecule has 106 valence electrons. The number of ether oxygens (including phenoxy) is 2. The molecule has 2 rings (SSSR count). The lowest BCUT2D eigenvalue weighted by atomic mass is 10.1. The maximum Gasteiger partial charge on any atom is 0.233 e. The third-order valence-electron chi connectivity index (χ3n) is 2.60. The van der Waals surface area contributed by atoms with Gasteiger partial charge in [0, 0.05) is 19.3 Å². The van der Waals surface area contributed by atoms with E-state index in [4.69, 9.17) is 9.47 Å². The zero-order chi connectivity index (χ0) is 14.4. The van der Waals surface area contributed by atoms with Gasteiger partial charge < -0.3 is 9.47 Å². The first kappa shape index (κ1) is 14.3. The average Bonchev–Trinajstić information content (AvgIpc) is 2.84. The smallest absolute Gasteiger partial charge is 0.233 e. The van der Waals surface area contributed by atoms with E-state index in [1.807, 2.05) is 20.0 Å². The molecule has 7 heteroatoms. The minimum atomic E-state index is 0.166. The Morgan fingerprint density at radius 2 is 2.20 bits per heavy atom. The average molecular weight is 293 g/mol. The Hall–Kier alpha value is -2.15. The molecule has 2 aromatic rings. The highest BCUT2D eigenvalue weighted by molar-refractivity contribution is 7.54. The van der Waals surface area contributed by atoms with E-state index in [1.165, 1.54) is 0 Å². The predicted molar refractivity (Wildman–Crippen MR) is 75.4 cm³/mol. The Morgan fingerprint density at radius 3 is 2.85 bits per heavy atom. The van der Waals surface area contributed by atoms with E-state index < -0.39 is 0 Å². The van der Waals surface area contributed by atoms with E-state index >= 15 is 0 Å². The van der Waals surface area contributed by atoms with Crippen LogP contribution >= 0.6 is 0 Å². The van der Waals surface area contributed by atoms with Crippen LogP contribution in [-0.4, -0.2) is 20.6 Å². The Morgan fingerprint density at radius 1 is 1.35 bits per heavy atom. The Balaban J connectivity index is 2.24. The van der Waals surface area contributed by atoms with Gasteiger partial charge in [-0.25, -0.2) is 0 Å². The summed E-state index contributed by atoms with van der Waals surface area (Å²) in [5.74, 6) is 1.18. The van der Waals surface area contributed by atoms with Crippen molar-refractivity contribution in [1.82, 2.24) is 9.78 Å². The van der Waals surface area contributed by atoms with Crippen molar-refractivity contribution < 1.29 is 13.7 Å². The topological polar surface area (TPSA) is 65.7 Å². The van der Waals surface area contributed by atoms with Gasteiger partial charge in [0.25, 0.3) is 0 Å². The molecule has 0 amide bonds. The van der Waals surface area contributed by atoms with Crippen LogP contribution < -0.4 is 9.47 Å². The molecule has 0 unspecified atom stereocenters. The lowest BCUT2D eigenvalue weighted by Gasteiger charge is -2.12. The molecule has 0 aliphatic carbocycles. The van der Waals surface area contributed by atoms with E-state index in [9.17, 15) is 4.21 Å². The highest BCUT2D eigenvalue weighted by atomic mass is 32.1. The van der Waals surface area contributed by atoms with E-state index in [0.717, 1.165) is 5.56 Å². The van der Waals surface area contributed by atoms with E-state index in [2.05, 4.69) is 9.46 Å². The van der Waals surface area contributed by atoms with E-state index in [-0.39, 0.29) is 18.1 Å². The van der Waals surface area contributed by atoms with Crippen LogP contribution in [0.1, 0.15) is 12.5 Å². The number of aryl methyl sites for hydroxylation is 1. The highest BCUT2D eigenvalue weighted by Gasteiger charge is 2.11. The summed E-state index contributed by atoms with van der Waals surface area (Å²) in [6.45, 7) is 2.67. The summed E-state index contributed by atoms with van der Waals surface area (Å²) in [6, 6.07) is 7.15. The first-order chi connectivity index (χ1) is 9.74. The van der Waals surface area contributed by atoms with Crippen molar-refractivity contribution in [2.75, 3.05) is 6.61 Å². The van der Waals surface area contributed by atoms with Gasteiger partial charge in [-0.15, -0.1) is 5.10 Å². The van der Waals surface area contributed by atoms with Crippen LogP contribution in [0.4, 0.5) is 5.69 Å². The zero-order valence-corrected chi connectivity index (χ0v) is 12.1. The Bertz CT molecular complexity index is 636. The predicted octanol–water partition coefficient (Wildman–Crippen LogP) is 2.43. The molecule has 0 aliphatic rings. The normalized spacial score (nSPS) is 10.1. The molecule has 0 aliphatic heterocycles. The first-order valence-corrected chi connectivity index (χ1v) is 6.81. The van der Waals surface area contributed by atoms with Gasteiger partial charge in [-0.2, -0.15) is 8.57 Å². The summed E-state index contributed by atoms with van der Waals surface area (Å²) >= 11 is 0.166. The maximum absolute atomic E-state index is 10.7. The van der Waals surface area contributed by atoms with Crippen molar-refractivity contribution in [3.63, 3.8) is 0 Å². The number of hydrogen-bond donors (Lipinski definition) is 0. The first-order valence-electron chi connectivity index (χ1n) is 6.11. The largest absolute Gasteiger partial charge is 0.493 e. The van der Waals surface area contributed by atoms with Gasteiger partial charge in [0.2, 0.25) is 17.3 Å². The Labute approximate surface area is 120 Å². The second kappa shape index (κ2) is 6.85. The van der Waals surface area contributed by atoms with Crippen molar-refractivity contribution in [3.05, 3.63) is 36.0 Å². The van der Waals surface area contributed by atoms with Gasteiger partial charge in [0.15, 0.2) is 0 Å². The molecule has 1 aromatic carbocycles. The fourth-order valence-corrected chi connectivity index (χ4v) is 1.98. The van der Waals surface area contributed by atoms with Crippen molar-refractivity contribution in [2.24, 2.45) is 11.4 Å². The lowest BCUT2D eigenvalue weighted by Crippen LogP contribution is -2.02. The fraction of sp³-hybridized carbons (Fsp3) is 0.308. The van der Waals surface area contributed by atoms with Crippen LogP contribution in [0.5, 0.6) is 11.6 Å². The monoisotopic (exact) mass is 293 g/mol. The number of rotatable bonds is 6. The van der Waals surface area contributed by atoms with Crippen molar-refractivity contribution in [1.29, 1.82) is 0 Å². The highest BCUT2D eigenvalue weighted by Crippen LogP contribution is 2.29. The van der Waals surface area contributed by atoms with Gasteiger partial charge in [-0.3, -0.25) is 4.68 Å². The second-order valence-electron chi connectivity index (χ2n) is 3.97. The van der Waals surface area contributed by atoms with E-state index in [1.54, 1.807) is 29.1 Å². The fourth-order valence-electron chi connectivity index (χ4n) is 1.73. The summed E-state index contributed by atoms with van der Waals surface area (Å²) in [5.41, 5.74) is 1.30. The number of benzene rings is 1. The van der Waals surface area contributed by atoms with Crippen LogP contribution in [0.15, 0.2) is 34.8 Å². The van der Waals surface area contributed by atoms with Gasteiger partial charge in [0.1, 0.15) is 12.4 Å². The standard InChI is InChI=1S/C13H15N3O3S/c1-3-18-12-6-4-5-11(15-20-17)10(12)9-19-13-7-8-16(2)14-13/h4-8H,3,9H2,1-2H3. The lowest BCUT2D eigenvalue weighted by molar-refractivity contribution is 0.276. The molecule has 0 saturated carbocycles. The molecular formula is C13H15N3O3S. The number of nitrogens with zero attached hydrogens (tertiary/aromatic N) is 3. The van der Waals surface area contributed by atoms with E-state index in [0.29, 0.717) is 23.9 Å². The molecule has 20 heavy (non-hydrogen) atoms. The molecule has 0 spiro atoms. The molecule has 0 atom stereocenters. The third-order valence-corrected chi connectivity index (χ3v) is 2.87. The molecule has 0 fully saturated rings. The minimum absolute atomic E-state index is 0.166. The SMILES string of the molecule is CCOc1cccc(N=S=O)c1COc1ccn(C)n1. The van der Waals surface area contributed by atoms with Crippen LogP contribution in [0, 0.1) is 0 Å². The molecule has 1 heterocycles. The summed E-state index contributed by atoms with van der Waals surface area (Å²) in [4.78, 5) is 0. The van der Waals surface area contributed by atoms with Crippen LogP contribution in [0.2, 0.25) is 0 Å². The number of aromatic nitrogens is 2. The molecule has 0 N–H and O–H groups in total. The van der Waals surface area contributed by atoms with Crippen LogP contribution in [0.25, 0.3) is 0 Å². The molecule has 0 radical (unpaired) electrons. The Kier molecular flexibility index (Phi) is 4.89. The van der Waals surface area contributed by atoms with Crippen molar-refractivity contribution in [3.8, 4) is 11.6 Å². The van der Waals surface area contributed by atoms with Crippen LogP contribution in [0.3, 0.4) is 0 Å². The molecule has 0 saturated heterocycles. The number of hydrogen-bond acceptors (Lipinski definition) is 5. The summed E-state index contributed by atoms with van der Waals surface area (Å²) in [7, 11) is 1.82. The van der Waals surface area contributed by atoms with Crippen LogP contribution in [-0.2, 0) is 25.1 Å². The summed E-state index contributed by atoms with van der Waals surface area (Å²) < 4.78 is 27.3.